The van der Waals surface area contributed by atoms with Crippen LogP contribution in [0.2, 0.25) is 10.0 Å². The summed E-state index contributed by atoms with van der Waals surface area (Å²) < 4.78 is 26.2. The maximum absolute atomic E-state index is 11.9. The maximum atomic E-state index is 11.9. The first-order valence-corrected chi connectivity index (χ1v) is 7.22. The molecule has 4 nitrogen and oxygen atoms in total. The highest BCUT2D eigenvalue weighted by Gasteiger charge is 2.16. The standard InChI is InChI=1S/C10H14Cl2N2O2S/c1-7-9(11)5-8(6-10(7)12)17(15,16)14-4-3-13-2/h5-6,13-14H,3-4H2,1-2H3. The van der Waals surface area contributed by atoms with E-state index >= 15 is 0 Å². The zero-order valence-electron chi connectivity index (χ0n) is 9.55. The monoisotopic (exact) mass is 296 g/mol. The molecular formula is C10H14Cl2N2O2S. The Bertz CT molecular complexity index is 480. The third kappa shape index (κ3) is 3.82. The van der Waals surface area contributed by atoms with Gasteiger partial charge in [-0.15, -0.1) is 0 Å². The van der Waals surface area contributed by atoms with Gasteiger partial charge in [-0.25, -0.2) is 13.1 Å². The zero-order valence-corrected chi connectivity index (χ0v) is 11.9. The summed E-state index contributed by atoms with van der Waals surface area (Å²) in [5.74, 6) is 0. The van der Waals surface area contributed by atoms with Crippen molar-refractivity contribution in [2.45, 2.75) is 11.8 Å². The van der Waals surface area contributed by atoms with Crippen LogP contribution in [-0.2, 0) is 10.0 Å². The fraction of sp³-hybridized carbons (Fsp3) is 0.400. The molecule has 0 amide bonds. The smallest absolute Gasteiger partial charge is 0.240 e. The minimum atomic E-state index is -3.55. The minimum absolute atomic E-state index is 0.0780. The molecule has 0 radical (unpaired) electrons. The first-order chi connectivity index (χ1) is 7.88. The van der Waals surface area contributed by atoms with Gasteiger partial charge in [0, 0.05) is 23.1 Å². The van der Waals surface area contributed by atoms with Gasteiger partial charge in [-0.3, -0.25) is 0 Å². The molecule has 1 aromatic rings. The number of benzene rings is 1. The van der Waals surface area contributed by atoms with Gasteiger partial charge in [0.15, 0.2) is 0 Å². The highest BCUT2D eigenvalue weighted by Crippen LogP contribution is 2.27. The Balaban J connectivity index is 2.99. The highest BCUT2D eigenvalue weighted by molar-refractivity contribution is 7.89. The molecule has 0 fully saturated rings. The van der Waals surface area contributed by atoms with Gasteiger partial charge in [0.2, 0.25) is 10.0 Å². The summed E-state index contributed by atoms with van der Waals surface area (Å²) in [5.41, 5.74) is 0.669. The van der Waals surface area contributed by atoms with Gasteiger partial charge in [0.25, 0.3) is 0 Å². The Labute approximate surface area is 111 Å². The van der Waals surface area contributed by atoms with Crippen molar-refractivity contribution >= 4 is 33.2 Å². The average molecular weight is 297 g/mol. The van der Waals surface area contributed by atoms with Crippen LogP contribution in [0.1, 0.15) is 5.56 Å². The Morgan fingerprint density at radius 1 is 1.18 bits per heavy atom. The summed E-state index contributed by atoms with van der Waals surface area (Å²) in [5, 5.41) is 3.52. The van der Waals surface area contributed by atoms with E-state index < -0.39 is 10.0 Å². The van der Waals surface area contributed by atoms with Gasteiger partial charge in [-0.1, -0.05) is 23.2 Å². The molecule has 0 saturated carbocycles. The molecule has 2 N–H and O–H groups in total. The fourth-order valence-electron chi connectivity index (χ4n) is 1.17. The van der Waals surface area contributed by atoms with Gasteiger partial charge in [-0.2, -0.15) is 0 Å². The van der Waals surface area contributed by atoms with Gasteiger partial charge < -0.3 is 5.32 Å². The Morgan fingerprint density at radius 2 is 1.71 bits per heavy atom. The van der Waals surface area contributed by atoms with Crippen molar-refractivity contribution in [2.75, 3.05) is 20.1 Å². The van der Waals surface area contributed by atoms with Gasteiger partial charge >= 0.3 is 0 Å². The van der Waals surface area contributed by atoms with Crippen LogP contribution < -0.4 is 10.0 Å². The minimum Gasteiger partial charge on any atom is -0.318 e. The van der Waals surface area contributed by atoms with Crippen LogP contribution in [0.4, 0.5) is 0 Å². The fourth-order valence-corrected chi connectivity index (χ4v) is 2.87. The molecule has 0 atom stereocenters. The van der Waals surface area contributed by atoms with Crippen LogP contribution in [0.3, 0.4) is 0 Å². The van der Waals surface area contributed by atoms with Crippen molar-refractivity contribution in [1.82, 2.24) is 10.0 Å². The second kappa shape index (κ2) is 6.02. The third-order valence-electron chi connectivity index (χ3n) is 2.23. The lowest BCUT2D eigenvalue weighted by Gasteiger charge is -2.09. The number of likely N-dealkylation sites (N-methyl/N-ethyl adjacent to an activating group) is 1. The Morgan fingerprint density at radius 3 is 2.18 bits per heavy atom. The summed E-state index contributed by atoms with van der Waals surface area (Å²) in [7, 11) is -1.81. The van der Waals surface area contributed by atoms with E-state index in [-0.39, 0.29) is 4.90 Å². The van der Waals surface area contributed by atoms with Crippen LogP contribution in [0, 0.1) is 6.92 Å². The Hall–Kier alpha value is -0.330. The quantitative estimate of drug-likeness (QED) is 0.815. The lowest BCUT2D eigenvalue weighted by Crippen LogP contribution is -2.30. The topological polar surface area (TPSA) is 58.2 Å². The SMILES string of the molecule is CNCCNS(=O)(=O)c1cc(Cl)c(C)c(Cl)c1. The summed E-state index contributed by atoms with van der Waals surface area (Å²) in [6.45, 7) is 2.59. The van der Waals surface area contributed by atoms with E-state index in [2.05, 4.69) is 10.0 Å². The van der Waals surface area contributed by atoms with Crippen LogP contribution in [0.25, 0.3) is 0 Å². The molecule has 0 aliphatic heterocycles. The van der Waals surface area contributed by atoms with Crippen LogP contribution >= 0.6 is 23.2 Å². The molecule has 0 heterocycles. The van der Waals surface area contributed by atoms with Gasteiger partial charge in [0.05, 0.1) is 4.90 Å². The van der Waals surface area contributed by atoms with E-state index in [9.17, 15) is 8.42 Å². The van der Waals surface area contributed by atoms with Crippen molar-refractivity contribution in [3.05, 3.63) is 27.7 Å². The zero-order chi connectivity index (χ0) is 13.1. The van der Waals surface area contributed by atoms with Crippen molar-refractivity contribution < 1.29 is 8.42 Å². The van der Waals surface area contributed by atoms with Crippen molar-refractivity contribution in [3.63, 3.8) is 0 Å². The van der Waals surface area contributed by atoms with Crippen molar-refractivity contribution in [1.29, 1.82) is 0 Å². The number of sulfonamides is 1. The molecule has 0 unspecified atom stereocenters. The van der Waals surface area contributed by atoms with E-state index in [1.807, 2.05) is 0 Å². The molecule has 1 rings (SSSR count). The van der Waals surface area contributed by atoms with Crippen LogP contribution in [0.15, 0.2) is 17.0 Å². The molecule has 0 spiro atoms. The summed E-state index contributed by atoms with van der Waals surface area (Å²) in [6.07, 6.45) is 0. The molecule has 7 heteroatoms. The van der Waals surface area contributed by atoms with E-state index in [1.54, 1.807) is 14.0 Å². The molecule has 17 heavy (non-hydrogen) atoms. The second-order valence-corrected chi connectivity index (χ2v) is 6.09. The van der Waals surface area contributed by atoms with E-state index in [1.165, 1.54) is 12.1 Å². The van der Waals surface area contributed by atoms with Crippen LogP contribution in [-0.4, -0.2) is 28.6 Å². The number of halogens is 2. The average Bonchev–Trinajstić information content (AvgIpc) is 2.25. The number of rotatable bonds is 5. The first-order valence-electron chi connectivity index (χ1n) is 4.98. The third-order valence-corrected chi connectivity index (χ3v) is 4.46. The predicted molar refractivity (Wildman–Crippen MR) is 70.3 cm³/mol. The lowest BCUT2D eigenvalue weighted by atomic mass is 10.2. The number of hydrogen-bond acceptors (Lipinski definition) is 3. The number of hydrogen-bond donors (Lipinski definition) is 2. The van der Waals surface area contributed by atoms with E-state index in [0.717, 1.165) is 0 Å². The lowest BCUT2D eigenvalue weighted by molar-refractivity contribution is 0.579. The molecule has 1 aromatic carbocycles. The molecule has 0 aliphatic carbocycles. The van der Waals surface area contributed by atoms with E-state index in [4.69, 9.17) is 23.2 Å². The number of nitrogens with one attached hydrogen (secondary N) is 2. The van der Waals surface area contributed by atoms with Crippen molar-refractivity contribution in [3.8, 4) is 0 Å². The second-order valence-electron chi connectivity index (χ2n) is 3.51. The van der Waals surface area contributed by atoms with Gasteiger partial charge in [0.1, 0.15) is 0 Å². The Kier molecular flexibility index (Phi) is 5.22. The first kappa shape index (κ1) is 14.7. The molecule has 0 aliphatic rings. The van der Waals surface area contributed by atoms with Gasteiger partial charge in [-0.05, 0) is 31.7 Å². The summed E-state index contributed by atoms with van der Waals surface area (Å²) in [6, 6.07) is 2.79. The molecule has 0 saturated heterocycles. The maximum Gasteiger partial charge on any atom is 0.240 e. The predicted octanol–water partition coefficient (Wildman–Crippen LogP) is 1.80. The van der Waals surface area contributed by atoms with Crippen LogP contribution in [0.5, 0.6) is 0 Å². The summed E-state index contributed by atoms with van der Waals surface area (Å²) >= 11 is 11.8. The molecule has 0 aromatic heterocycles. The molecular weight excluding hydrogens is 283 g/mol. The van der Waals surface area contributed by atoms with Crippen molar-refractivity contribution in [2.24, 2.45) is 0 Å². The van der Waals surface area contributed by atoms with E-state index in [0.29, 0.717) is 28.7 Å². The molecule has 96 valence electrons. The normalized spacial score (nSPS) is 11.8. The largest absolute Gasteiger partial charge is 0.318 e. The molecule has 0 bridgehead atoms. The highest BCUT2D eigenvalue weighted by atomic mass is 35.5. The summed E-state index contributed by atoms with van der Waals surface area (Å²) in [4.78, 5) is 0.0780.